The lowest BCUT2D eigenvalue weighted by molar-refractivity contribution is -0.115. The molecule has 1 atom stereocenters. The van der Waals surface area contributed by atoms with Crippen molar-refractivity contribution in [1.29, 1.82) is 0 Å². The highest BCUT2D eigenvalue weighted by molar-refractivity contribution is 9.10. The zero-order valence-electron chi connectivity index (χ0n) is 12.2. The first-order valence-electron chi connectivity index (χ1n) is 6.68. The molecule has 2 aromatic carbocycles. The van der Waals surface area contributed by atoms with E-state index in [1.165, 1.54) is 19.1 Å². The first kappa shape index (κ1) is 16.7. The Balaban J connectivity index is 2.23. The Kier molecular flexibility index (Phi) is 5.03. The predicted molar refractivity (Wildman–Crippen MR) is 90.6 cm³/mol. The number of anilines is 1. The van der Waals surface area contributed by atoms with Gasteiger partial charge < -0.3 is 5.32 Å². The Bertz CT molecular complexity index is 785. The van der Waals surface area contributed by atoms with Gasteiger partial charge in [0, 0.05) is 10.2 Å². The van der Waals surface area contributed by atoms with Crippen molar-refractivity contribution in [3.05, 3.63) is 58.6 Å². The number of para-hydroxylation sites is 1. The Morgan fingerprint density at radius 2 is 1.68 bits per heavy atom. The number of amides is 1. The Morgan fingerprint density at radius 3 is 2.27 bits per heavy atom. The molecule has 1 amide bonds. The van der Waals surface area contributed by atoms with Crippen molar-refractivity contribution in [1.82, 2.24) is 0 Å². The number of hydrogen-bond donors (Lipinski definition) is 1. The lowest BCUT2D eigenvalue weighted by Crippen LogP contribution is -2.32. The fourth-order valence-corrected chi connectivity index (χ4v) is 3.45. The molecule has 22 heavy (non-hydrogen) atoms. The molecule has 0 fully saturated rings. The number of rotatable bonds is 4. The molecule has 116 valence electrons. The van der Waals surface area contributed by atoms with Crippen LogP contribution in [0, 0.1) is 6.92 Å². The molecule has 0 saturated carbocycles. The van der Waals surface area contributed by atoms with E-state index in [1.54, 1.807) is 24.3 Å². The summed E-state index contributed by atoms with van der Waals surface area (Å²) in [7, 11) is -3.72. The van der Waals surface area contributed by atoms with Crippen molar-refractivity contribution in [2.24, 2.45) is 0 Å². The van der Waals surface area contributed by atoms with Crippen LogP contribution in [0.2, 0.25) is 0 Å². The third-order valence-electron chi connectivity index (χ3n) is 3.38. The smallest absolute Gasteiger partial charge is 0.242 e. The molecule has 0 radical (unpaired) electrons. The van der Waals surface area contributed by atoms with Gasteiger partial charge in [-0.15, -0.1) is 0 Å². The van der Waals surface area contributed by atoms with E-state index >= 15 is 0 Å². The molecule has 2 rings (SSSR count). The number of carbonyl (C=O) groups excluding carboxylic acids is 1. The maximum absolute atomic E-state index is 12.5. The number of aryl methyl sites for hydroxylation is 1. The highest BCUT2D eigenvalue weighted by Crippen LogP contribution is 2.21. The van der Waals surface area contributed by atoms with E-state index in [-0.39, 0.29) is 4.90 Å². The fraction of sp³-hybridized carbons (Fsp3) is 0.188. The van der Waals surface area contributed by atoms with Crippen molar-refractivity contribution >= 4 is 37.4 Å². The van der Waals surface area contributed by atoms with Gasteiger partial charge in [-0.05, 0) is 49.7 Å². The molecule has 0 aromatic heterocycles. The average Bonchev–Trinajstić information content (AvgIpc) is 2.49. The number of benzene rings is 2. The summed E-state index contributed by atoms with van der Waals surface area (Å²) in [6.07, 6.45) is 0. The predicted octanol–water partition coefficient (Wildman–Crippen LogP) is 3.56. The second-order valence-electron chi connectivity index (χ2n) is 4.95. The molecule has 0 aliphatic heterocycles. The summed E-state index contributed by atoms with van der Waals surface area (Å²) in [5, 5.41) is 1.50. The van der Waals surface area contributed by atoms with Crippen LogP contribution in [0.1, 0.15) is 12.5 Å². The van der Waals surface area contributed by atoms with Crippen LogP contribution in [-0.4, -0.2) is 19.6 Å². The summed E-state index contributed by atoms with van der Waals surface area (Å²) in [5.74, 6) is -0.544. The number of halogens is 1. The summed E-state index contributed by atoms with van der Waals surface area (Å²) in [6, 6.07) is 13.5. The molecule has 1 N–H and O–H groups in total. The van der Waals surface area contributed by atoms with Crippen LogP contribution in [0.15, 0.2) is 57.9 Å². The zero-order chi connectivity index (χ0) is 16.3. The van der Waals surface area contributed by atoms with Gasteiger partial charge in [-0.25, -0.2) is 8.42 Å². The highest BCUT2D eigenvalue weighted by atomic mass is 79.9. The molecular formula is C16H16BrNO3S. The monoisotopic (exact) mass is 381 g/mol. The topological polar surface area (TPSA) is 63.2 Å². The first-order valence-corrected chi connectivity index (χ1v) is 9.02. The number of sulfone groups is 1. The molecule has 6 heteroatoms. The van der Waals surface area contributed by atoms with Crippen LogP contribution in [0.4, 0.5) is 5.69 Å². The van der Waals surface area contributed by atoms with Gasteiger partial charge in [-0.2, -0.15) is 0 Å². The van der Waals surface area contributed by atoms with Gasteiger partial charge in [0.15, 0.2) is 9.84 Å². The molecule has 0 aliphatic rings. The summed E-state index contributed by atoms with van der Waals surface area (Å²) in [6.45, 7) is 3.24. The first-order chi connectivity index (χ1) is 10.3. The van der Waals surface area contributed by atoms with Crippen LogP contribution in [0.25, 0.3) is 0 Å². The van der Waals surface area contributed by atoms with Gasteiger partial charge in [0.05, 0.1) is 4.90 Å². The normalized spacial score (nSPS) is 12.7. The van der Waals surface area contributed by atoms with Crippen molar-refractivity contribution < 1.29 is 13.2 Å². The van der Waals surface area contributed by atoms with Gasteiger partial charge in [-0.3, -0.25) is 4.79 Å². The fourth-order valence-electron chi connectivity index (χ4n) is 1.92. The van der Waals surface area contributed by atoms with Crippen molar-refractivity contribution in [2.75, 3.05) is 5.32 Å². The maximum atomic E-state index is 12.5. The average molecular weight is 382 g/mol. The molecule has 0 aliphatic carbocycles. The third-order valence-corrected chi connectivity index (χ3v) is 5.98. The number of nitrogens with one attached hydrogen (secondary N) is 1. The molecule has 2 aromatic rings. The van der Waals surface area contributed by atoms with E-state index in [1.807, 2.05) is 19.1 Å². The lowest BCUT2D eigenvalue weighted by Gasteiger charge is -2.14. The van der Waals surface area contributed by atoms with Gasteiger partial charge in [0.2, 0.25) is 5.91 Å². The number of hydrogen-bond acceptors (Lipinski definition) is 3. The van der Waals surface area contributed by atoms with Crippen molar-refractivity contribution in [3.8, 4) is 0 Å². The summed E-state index contributed by atoms with van der Waals surface area (Å²) in [5.41, 5.74) is 1.49. The second-order valence-corrected chi connectivity index (χ2v) is 8.13. The lowest BCUT2D eigenvalue weighted by atomic mass is 10.2. The summed E-state index contributed by atoms with van der Waals surface area (Å²) >= 11 is 3.26. The third kappa shape index (κ3) is 3.56. The van der Waals surface area contributed by atoms with E-state index in [9.17, 15) is 13.2 Å². The van der Waals surface area contributed by atoms with Crippen LogP contribution in [-0.2, 0) is 14.6 Å². The van der Waals surface area contributed by atoms with Gasteiger partial charge in [0.1, 0.15) is 5.25 Å². The minimum absolute atomic E-state index is 0.128. The van der Waals surface area contributed by atoms with Gasteiger partial charge >= 0.3 is 0 Å². The van der Waals surface area contributed by atoms with E-state index < -0.39 is 21.0 Å². The molecule has 0 bridgehead atoms. The van der Waals surface area contributed by atoms with Gasteiger partial charge in [-0.1, -0.05) is 34.1 Å². The van der Waals surface area contributed by atoms with E-state index in [0.29, 0.717) is 5.69 Å². The van der Waals surface area contributed by atoms with Gasteiger partial charge in [0.25, 0.3) is 0 Å². The minimum atomic E-state index is -3.72. The van der Waals surface area contributed by atoms with E-state index in [4.69, 9.17) is 0 Å². The maximum Gasteiger partial charge on any atom is 0.242 e. The second kappa shape index (κ2) is 6.62. The molecule has 0 saturated heterocycles. The van der Waals surface area contributed by atoms with E-state index in [2.05, 4.69) is 21.2 Å². The Morgan fingerprint density at radius 1 is 1.09 bits per heavy atom. The molecule has 0 spiro atoms. The van der Waals surface area contributed by atoms with Crippen molar-refractivity contribution in [2.45, 2.75) is 24.0 Å². The highest BCUT2D eigenvalue weighted by Gasteiger charge is 2.29. The minimum Gasteiger partial charge on any atom is -0.325 e. The summed E-state index contributed by atoms with van der Waals surface area (Å²) in [4.78, 5) is 12.4. The van der Waals surface area contributed by atoms with Crippen molar-refractivity contribution in [3.63, 3.8) is 0 Å². The van der Waals surface area contributed by atoms with Crippen LogP contribution < -0.4 is 5.32 Å². The van der Waals surface area contributed by atoms with E-state index in [0.717, 1.165) is 10.0 Å². The quantitative estimate of drug-likeness (QED) is 0.880. The standard InChI is InChI=1S/C16H16BrNO3S/c1-11-5-3-4-6-15(11)18-16(19)12(2)22(20,21)14-9-7-13(17)8-10-14/h3-10,12H,1-2H3,(H,18,19). The van der Waals surface area contributed by atoms with Crippen LogP contribution >= 0.6 is 15.9 Å². The van der Waals surface area contributed by atoms with Crippen LogP contribution in [0.5, 0.6) is 0 Å². The molecule has 4 nitrogen and oxygen atoms in total. The summed E-state index contributed by atoms with van der Waals surface area (Å²) < 4.78 is 25.7. The SMILES string of the molecule is Cc1ccccc1NC(=O)C(C)S(=O)(=O)c1ccc(Br)cc1. The van der Waals surface area contributed by atoms with Crippen LogP contribution in [0.3, 0.4) is 0 Å². The number of carbonyl (C=O) groups is 1. The molecule has 1 unspecified atom stereocenters. The largest absolute Gasteiger partial charge is 0.325 e. The zero-order valence-corrected chi connectivity index (χ0v) is 14.6. The molecular weight excluding hydrogens is 366 g/mol. The Labute approximate surface area is 138 Å². The Hall–Kier alpha value is -1.66. The molecule has 0 heterocycles.